The number of hydrogen-bond acceptors (Lipinski definition) is 7. The number of fused-ring (bicyclic) bond motifs is 1. The molecule has 172 valence electrons. The van der Waals surface area contributed by atoms with E-state index >= 15 is 0 Å². The van der Waals surface area contributed by atoms with Gasteiger partial charge in [0.1, 0.15) is 23.2 Å². The zero-order valence-corrected chi connectivity index (χ0v) is 20.2. The van der Waals surface area contributed by atoms with Gasteiger partial charge in [0.05, 0.1) is 11.6 Å². The fraction of sp³-hybridized carbons (Fsp3) is 0.320. The number of aromatic nitrogens is 2. The molecule has 0 saturated carbocycles. The van der Waals surface area contributed by atoms with E-state index in [1.165, 1.54) is 11.1 Å². The minimum atomic E-state index is 0.212. The lowest BCUT2D eigenvalue weighted by Gasteiger charge is -2.14. The Hall–Kier alpha value is -3.16. The minimum Gasteiger partial charge on any atom is -0.423 e. The van der Waals surface area contributed by atoms with Crippen molar-refractivity contribution >= 4 is 35.1 Å². The molecule has 0 bridgehead atoms. The monoisotopic (exact) mass is 464 g/mol. The van der Waals surface area contributed by atoms with Crippen molar-refractivity contribution in [2.75, 3.05) is 44.4 Å². The van der Waals surface area contributed by atoms with Crippen molar-refractivity contribution in [3.63, 3.8) is 0 Å². The molecule has 0 radical (unpaired) electrons. The summed E-state index contributed by atoms with van der Waals surface area (Å²) in [5.41, 5.74) is 4.63. The fourth-order valence-corrected chi connectivity index (χ4v) is 3.97. The first-order valence-corrected chi connectivity index (χ1v) is 11.4. The summed E-state index contributed by atoms with van der Waals surface area (Å²) in [6.07, 6.45) is 9.08. The van der Waals surface area contributed by atoms with Crippen LogP contribution in [-0.2, 0) is 6.42 Å². The number of amidine groups is 1. The summed E-state index contributed by atoms with van der Waals surface area (Å²) in [7, 11) is 4.06. The maximum atomic E-state index is 6.66. The summed E-state index contributed by atoms with van der Waals surface area (Å²) in [5.74, 6) is 2.54. The Balaban J connectivity index is 1.59. The molecule has 2 aliphatic rings. The summed E-state index contributed by atoms with van der Waals surface area (Å²) in [6, 6.07) is 5.99. The SMILES string of the molecule is C/C=C/C1=CC(Nc2cc(NCCN(C)C)nc(Oc3ccc4c(c3Cl)C=C(C)C4)n2)=NC1. The second-order valence-corrected chi connectivity index (χ2v) is 8.79. The average molecular weight is 465 g/mol. The topological polar surface area (TPSA) is 74.7 Å². The highest BCUT2D eigenvalue weighted by Gasteiger charge is 2.18. The number of aliphatic imine (C=N–C) groups is 1. The van der Waals surface area contributed by atoms with Crippen molar-refractivity contribution in [1.29, 1.82) is 0 Å². The van der Waals surface area contributed by atoms with Gasteiger partial charge in [-0.1, -0.05) is 41.5 Å². The van der Waals surface area contributed by atoms with Crippen molar-refractivity contribution in [2.24, 2.45) is 4.99 Å². The van der Waals surface area contributed by atoms with Crippen LogP contribution in [0.5, 0.6) is 11.8 Å². The maximum Gasteiger partial charge on any atom is 0.325 e. The first-order valence-electron chi connectivity index (χ1n) is 11.0. The van der Waals surface area contributed by atoms with Gasteiger partial charge in [-0.3, -0.25) is 4.99 Å². The Morgan fingerprint density at radius 3 is 2.79 bits per heavy atom. The standard InChI is InChI=1S/C25H29ClN6O/c1-5-6-17-13-21(28-15-17)29-23-14-22(27-9-10-32(3)4)30-25(31-23)33-20-8-7-18-11-16(2)12-19(18)24(20)26/h5-8,12-14H,9-11,15H2,1-4H3,(H2,27,28,29,30,31)/b6-5+. The van der Waals surface area contributed by atoms with E-state index in [-0.39, 0.29) is 6.01 Å². The molecule has 1 aromatic carbocycles. The van der Waals surface area contributed by atoms with E-state index < -0.39 is 0 Å². The highest BCUT2D eigenvalue weighted by atomic mass is 35.5. The van der Waals surface area contributed by atoms with E-state index in [0.29, 0.717) is 29.0 Å². The van der Waals surface area contributed by atoms with Crippen LogP contribution in [0, 0.1) is 0 Å². The second kappa shape index (κ2) is 10.2. The molecule has 0 fully saturated rings. The van der Waals surface area contributed by atoms with Gasteiger partial charge in [-0.15, -0.1) is 0 Å². The van der Waals surface area contributed by atoms with Gasteiger partial charge in [-0.05, 0) is 57.6 Å². The molecule has 4 rings (SSSR count). The zero-order chi connectivity index (χ0) is 23.4. The quantitative estimate of drug-likeness (QED) is 0.560. The molecule has 0 atom stereocenters. The number of allylic oxidation sites excluding steroid dienone is 2. The van der Waals surface area contributed by atoms with Crippen LogP contribution in [-0.4, -0.2) is 54.4 Å². The number of halogens is 1. The van der Waals surface area contributed by atoms with Crippen molar-refractivity contribution in [1.82, 2.24) is 14.9 Å². The largest absolute Gasteiger partial charge is 0.423 e. The predicted molar refractivity (Wildman–Crippen MR) is 137 cm³/mol. The Morgan fingerprint density at radius 2 is 2.00 bits per heavy atom. The van der Waals surface area contributed by atoms with E-state index in [1.54, 1.807) is 0 Å². The molecular formula is C25H29ClN6O. The number of anilines is 2. The normalized spacial score (nSPS) is 14.9. The molecule has 2 N–H and O–H groups in total. The lowest BCUT2D eigenvalue weighted by molar-refractivity contribution is 0.424. The van der Waals surface area contributed by atoms with Crippen LogP contribution in [0.4, 0.5) is 11.6 Å². The predicted octanol–water partition coefficient (Wildman–Crippen LogP) is 5.18. The molecular weight excluding hydrogens is 436 g/mol. The molecule has 2 heterocycles. The Labute approximate surface area is 199 Å². The number of ether oxygens (including phenoxy) is 1. The highest BCUT2D eigenvalue weighted by molar-refractivity contribution is 6.33. The Kier molecular flexibility index (Phi) is 7.11. The number of hydrogen-bond donors (Lipinski definition) is 2. The average Bonchev–Trinajstić information content (AvgIpc) is 3.36. The summed E-state index contributed by atoms with van der Waals surface area (Å²) >= 11 is 6.66. The Morgan fingerprint density at radius 1 is 1.18 bits per heavy atom. The van der Waals surface area contributed by atoms with Crippen LogP contribution in [0.1, 0.15) is 25.0 Å². The van der Waals surface area contributed by atoms with Gasteiger partial charge in [-0.25, -0.2) is 0 Å². The van der Waals surface area contributed by atoms with Gasteiger partial charge in [-0.2, -0.15) is 9.97 Å². The molecule has 0 amide bonds. The number of rotatable bonds is 8. The molecule has 1 aromatic heterocycles. The van der Waals surface area contributed by atoms with E-state index in [0.717, 1.165) is 36.5 Å². The maximum absolute atomic E-state index is 6.66. The third kappa shape index (κ3) is 5.80. The molecule has 0 spiro atoms. The molecule has 1 aliphatic carbocycles. The van der Waals surface area contributed by atoms with E-state index in [1.807, 2.05) is 57.4 Å². The molecule has 33 heavy (non-hydrogen) atoms. The first-order chi connectivity index (χ1) is 15.9. The number of nitrogens with one attached hydrogen (secondary N) is 2. The smallest absolute Gasteiger partial charge is 0.325 e. The summed E-state index contributed by atoms with van der Waals surface area (Å²) in [6.45, 7) is 6.34. The fourth-order valence-electron chi connectivity index (χ4n) is 3.70. The van der Waals surface area contributed by atoms with E-state index in [4.69, 9.17) is 16.3 Å². The van der Waals surface area contributed by atoms with Gasteiger partial charge in [0, 0.05) is 24.7 Å². The van der Waals surface area contributed by atoms with Crippen molar-refractivity contribution in [3.8, 4) is 11.8 Å². The van der Waals surface area contributed by atoms with Crippen LogP contribution in [0.2, 0.25) is 5.02 Å². The van der Waals surface area contributed by atoms with Crippen LogP contribution in [0.25, 0.3) is 6.08 Å². The van der Waals surface area contributed by atoms with E-state index in [2.05, 4.69) is 43.5 Å². The lowest BCUT2D eigenvalue weighted by atomic mass is 10.1. The van der Waals surface area contributed by atoms with Crippen LogP contribution < -0.4 is 15.4 Å². The van der Waals surface area contributed by atoms with Gasteiger partial charge < -0.3 is 20.3 Å². The molecule has 0 saturated heterocycles. The van der Waals surface area contributed by atoms with Crippen LogP contribution in [0.15, 0.2) is 52.6 Å². The van der Waals surface area contributed by atoms with Gasteiger partial charge in [0.25, 0.3) is 0 Å². The first kappa shape index (κ1) is 23.0. The summed E-state index contributed by atoms with van der Waals surface area (Å²) in [4.78, 5) is 15.7. The summed E-state index contributed by atoms with van der Waals surface area (Å²) in [5, 5.41) is 7.19. The zero-order valence-electron chi connectivity index (χ0n) is 19.4. The molecule has 8 heteroatoms. The minimum absolute atomic E-state index is 0.212. The van der Waals surface area contributed by atoms with Crippen molar-refractivity contribution in [3.05, 3.63) is 63.7 Å². The van der Waals surface area contributed by atoms with Crippen LogP contribution in [0.3, 0.4) is 0 Å². The number of likely N-dealkylation sites (N-methyl/N-ethyl adjacent to an activating group) is 1. The van der Waals surface area contributed by atoms with E-state index in [9.17, 15) is 0 Å². The van der Waals surface area contributed by atoms with Gasteiger partial charge in [0.2, 0.25) is 0 Å². The van der Waals surface area contributed by atoms with Crippen LogP contribution >= 0.6 is 11.6 Å². The van der Waals surface area contributed by atoms with Gasteiger partial charge in [0.15, 0.2) is 0 Å². The lowest BCUT2D eigenvalue weighted by Crippen LogP contribution is -2.21. The number of benzene rings is 1. The summed E-state index contributed by atoms with van der Waals surface area (Å²) < 4.78 is 6.06. The van der Waals surface area contributed by atoms with Crippen molar-refractivity contribution < 1.29 is 4.74 Å². The molecule has 1 aliphatic heterocycles. The highest BCUT2D eigenvalue weighted by Crippen LogP contribution is 2.38. The molecule has 0 unspecified atom stereocenters. The second-order valence-electron chi connectivity index (χ2n) is 8.42. The van der Waals surface area contributed by atoms with Gasteiger partial charge >= 0.3 is 6.01 Å². The third-order valence-corrected chi connectivity index (χ3v) is 5.65. The number of nitrogens with zero attached hydrogens (tertiary/aromatic N) is 4. The molecule has 2 aromatic rings. The Bertz CT molecular complexity index is 1170. The third-order valence-electron chi connectivity index (χ3n) is 5.26. The van der Waals surface area contributed by atoms with Crippen molar-refractivity contribution in [2.45, 2.75) is 20.3 Å². The molecule has 7 nitrogen and oxygen atoms in total.